The zero-order valence-corrected chi connectivity index (χ0v) is 15.1. The van der Waals surface area contributed by atoms with Crippen molar-refractivity contribution in [1.82, 2.24) is 4.57 Å². The van der Waals surface area contributed by atoms with Crippen molar-refractivity contribution in [1.29, 1.82) is 0 Å². The average Bonchev–Trinajstić information content (AvgIpc) is 3.09. The lowest BCUT2D eigenvalue weighted by Crippen LogP contribution is -2.00. The molecule has 4 aromatic rings. The van der Waals surface area contributed by atoms with Crippen LogP contribution in [0.15, 0.2) is 84.9 Å². The van der Waals surface area contributed by atoms with Gasteiger partial charge in [-0.2, -0.15) is 0 Å². The van der Waals surface area contributed by atoms with Crippen molar-refractivity contribution >= 4 is 0 Å². The Balaban J connectivity index is 1.99. The van der Waals surface area contributed by atoms with E-state index in [0.717, 1.165) is 40.2 Å². The zero-order chi connectivity index (χ0) is 18.8. The lowest BCUT2D eigenvalue weighted by molar-refractivity contribution is 0.475. The zero-order valence-electron chi connectivity index (χ0n) is 15.1. The Labute approximate surface area is 158 Å². The molecule has 134 valence electrons. The van der Waals surface area contributed by atoms with Gasteiger partial charge in [-0.1, -0.05) is 30.3 Å². The Bertz CT molecular complexity index is 1050. The number of aromatic nitrogens is 1. The molecule has 0 atom stereocenters. The van der Waals surface area contributed by atoms with Crippen LogP contribution < -0.4 is 0 Å². The van der Waals surface area contributed by atoms with E-state index < -0.39 is 0 Å². The molecule has 3 aromatic carbocycles. The smallest absolute Gasteiger partial charge is 0.115 e. The van der Waals surface area contributed by atoms with Gasteiger partial charge >= 0.3 is 0 Å². The molecule has 1 aromatic heterocycles. The largest absolute Gasteiger partial charge is 0.508 e. The summed E-state index contributed by atoms with van der Waals surface area (Å²) in [4.78, 5) is 0. The third kappa shape index (κ3) is 3.20. The second-order valence-electron chi connectivity index (χ2n) is 6.50. The quantitative estimate of drug-likeness (QED) is 0.477. The first-order chi connectivity index (χ1) is 13.2. The van der Waals surface area contributed by atoms with Gasteiger partial charge in [-0.05, 0) is 78.2 Å². The number of hydrogen-bond donors (Lipinski definition) is 2. The van der Waals surface area contributed by atoms with Gasteiger partial charge in [-0.3, -0.25) is 0 Å². The van der Waals surface area contributed by atoms with E-state index in [2.05, 4.69) is 29.7 Å². The summed E-state index contributed by atoms with van der Waals surface area (Å²) in [6.07, 6.45) is 0. The molecule has 0 aliphatic rings. The van der Waals surface area contributed by atoms with E-state index in [1.165, 1.54) is 0 Å². The lowest BCUT2D eigenvalue weighted by Gasteiger charge is -2.13. The molecule has 0 amide bonds. The lowest BCUT2D eigenvalue weighted by atomic mass is 10.0. The van der Waals surface area contributed by atoms with E-state index in [1.807, 2.05) is 42.5 Å². The SMILES string of the molecule is CCn1c(-c2ccc(O)cc2)cc(-c2ccccc2)c1-c1ccc(O)cc1. The van der Waals surface area contributed by atoms with Crippen molar-refractivity contribution in [3.8, 4) is 45.1 Å². The van der Waals surface area contributed by atoms with E-state index in [9.17, 15) is 10.2 Å². The first-order valence-electron chi connectivity index (χ1n) is 9.05. The summed E-state index contributed by atoms with van der Waals surface area (Å²) in [6.45, 7) is 2.93. The Morgan fingerprint density at radius 3 is 1.78 bits per heavy atom. The van der Waals surface area contributed by atoms with E-state index >= 15 is 0 Å². The van der Waals surface area contributed by atoms with Gasteiger partial charge in [-0.15, -0.1) is 0 Å². The van der Waals surface area contributed by atoms with Gasteiger partial charge in [0.25, 0.3) is 0 Å². The van der Waals surface area contributed by atoms with Crippen LogP contribution in [0, 0.1) is 0 Å². The fourth-order valence-corrected chi connectivity index (χ4v) is 3.52. The van der Waals surface area contributed by atoms with E-state index in [0.29, 0.717) is 0 Å². The van der Waals surface area contributed by atoms with Gasteiger partial charge in [0.2, 0.25) is 0 Å². The van der Waals surface area contributed by atoms with Gasteiger partial charge in [-0.25, -0.2) is 0 Å². The molecule has 4 rings (SSSR count). The molecule has 1 heterocycles. The number of benzene rings is 3. The molecule has 27 heavy (non-hydrogen) atoms. The molecular formula is C24H21NO2. The van der Waals surface area contributed by atoms with Crippen LogP contribution in [0.5, 0.6) is 11.5 Å². The summed E-state index contributed by atoms with van der Waals surface area (Å²) in [5.41, 5.74) is 6.61. The maximum absolute atomic E-state index is 9.70. The molecule has 3 heteroatoms. The molecular weight excluding hydrogens is 334 g/mol. The Morgan fingerprint density at radius 2 is 1.22 bits per heavy atom. The number of phenolic OH excluding ortho intramolecular Hbond substituents is 2. The molecule has 0 aliphatic heterocycles. The number of phenols is 2. The first kappa shape index (κ1) is 17.0. The standard InChI is InChI=1S/C24H21NO2/c1-2-25-23(18-8-12-20(26)13-9-18)16-22(17-6-4-3-5-7-17)24(25)19-10-14-21(27)15-11-19/h3-16,26-27H,2H2,1H3. The van der Waals surface area contributed by atoms with Crippen LogP contribution in [0.3, 0.4) is 0 Å². The van der Waals surface area contributed by atoms with E-state index in [4.69, 9.17) is 0 Å². The Kier molecular flexibility index (Phi) is 4.43. The second kappa shape index (κ2) is 7.04. The minimum atomic E-state index is 0.258. The summed E-state index contributed by atoms with van der Waals surface area (Å²) < 4.78 is 2.28. The summed E-state index contributed by atoms with van der Waals surface area (Å²) >= 11 is 0. The third-order valence-electron chi connectivity index (χ3n) is 4.80. The third-order valence-corrected chi connectivity index (χ3v) is 4.80. The van der Waals surface area contributed by atoms with Gasteiger partial charge < -0.3 is 14.8 Å². The minimum Gasteiger partial charge on any atom is -0.508 e. The van der Waals surface area contributed by atoms with Crippen LogP contribution in [0.2, 0.25) is 0 Å². The predicted octanol–water partition coefficient (Wildman–Crippen LogP) is 5.92. The molecule has 0 saturated carbocycles. The number of aromatic hydroxyl groups is 2. The molecule has 2 N–H and O–H groups in total. The molecule has 0 saturated heterocycles. The number of nitrogens with zero attached hydrogens (tertiary/aromatic N) is 1. The van der Waals surface area contributed by atoms with Crippen molar-refractivity contribution < 1.29 is 10.2 Å². The highest BCUT2D eigenvalue weighted by Gasteiger charge is 2.18. The topological polar surface area (TPSA) is 45.4 Å². The summed E-state index contributed by atoms with van der Waals surface area (Å²) in [5.74, 6) is 0.517. The van der Waals surface area contributed by atoms with Crippen molar-refractivity contribution in [3.63, 3.8) is 0 Å². The van der Waals surface area contributed by atoms with Crippen LogP contribution in [0.25, 0.3) is 33.6 Å². The molecule has 0 spiro atoms. The number of rotatable bonds is 4. The Morgan fingerprint density at radius 1 is 0.667 bits per heavy atom. The van der Waals surface area contributed by atoms with Gasteiger partial charge in [0.1, 0.15) is 11.5 Å². The summed E-state index contributed by atoms with van der Waals surface area (Å²) in [7, 11) is 0. The first-order valence-corrected chi connectivity index (χ1v) is 9.05. The molecule has 0 bridgehead atoms. The van der Waals surface area contributed by atoms with Crippen LogP contribution in [0.4, 0.5) is 0 Å². The molecule has 0 unspecified atom stereocenters. The molecule has 0 aliphatic carbocycles. The van der Waals surface area contributed by atoms with Crippen LogP contribution in [0.1, 0.15) is 6.92 Å². The normalized spacial score (nSPS) is 10.9. The minimum absolute atomic E-state index is 0.258. The molecule has 3 nitrogen and oxygen atoms in total. The summed E-state index contributed by atoms with van der Waals surface area (Å²) in [6, 6.07) is 27.2. The highest BCUT2D eigenvalue weighted by Crippen LogP contribution is 2.39. The van der Waals surface area contributed by atoms with Crippen molar-refractivity contribution in [2.45, 2.75) is 13.5 Å². The van der Waals surface area contributed by atoms with Gasteiger partial charge in [0, 0.05) is 17.8 Å². The van der Waals surface area contributed by atoms with Crippen molar-refractivity contribution in [2.75, 3.05) is 0 Å². The van der Waals surface area contributed by atoms with E-state index in [1.54, 1.807) is 24.3 Å². The van der Waals surface area contributed by atoms with Crippen LogP contribution in [-0.2, 0) is 6.54 Å². The predicted molar refractivity (Wildman–Crippen MR) is 110 cm³/mol. The molecule has 0 fully saturated rings. The average molecular weight is 355 g/mol. The second-order valence-corrected chi connectivity index (χ2v) is 6.50. The number of hydrogen-bond acceptors (Lipinski definition) is 2. The fraction of sp³-hybridized carbons (Fsp3) is 0.0833. The monoisotopic (exact) mass is 355 g/mol. The Hall–Kier alpha value is -3.46. The highest BCUT2D eigenvalue weighted by atomic mass is 16.3. The molecule has 0 radical (unpaired) electrons. The maximum Gasteiger partial charge on any atom is 0.115 e. The van der Waals surface area contributed by atoms with Crippen LogP contribution >= 0.6 is 0 Å². The maximum atomic E-state index is 9.70. The van der Waals surface area contributed by atoms with Gasteiger partial charge in [0.15, 0.2) is 0 Å². The van der Waals surface area contributed by atoms with Crippen molar-refractivity contribution in [2.24, 2.45) is 0 Å². The fourth-order valence-electron chi connectivity index (χ4n) is 3.52. The van der Waals surface area contributed by atoms with E-state index in [-0.39, 0.29) is 11.5 Å². The van der Waals surface area contributed by atoms with Gasteiger partial charge in [0.05, 0.1) is 5.69 Å². The highest BCUT2D eigenvalue weighted by molar-refractivity contribution is 5.87. The van der Waals surface area contributed by atoms with Crippen LogP contribution in [-0.4, -0.2) is 14.8 Å². The summed E-state index contributed by atoms with van der Waals surface area (Å²) in [5, 5.41) is 19.3. The van der Waals surface area contributed by atoms with Crippen molar-refractivity contribution in [3.05, 3.63) is 84.9 Å².